The lowest BCUT2D eigenvalue weighted by Crippen LogP contribution is -2.17. The van der Waals surface area contributed by atoms with Crippen molar-refractivity contribution in [2.75, 3.05) is 38.1 Å². The lowest BCUT2D eigenvalue weighted by Gasteiger charge is -2.15. The van der Waals surface area contributed by atoms with E-state index in [9.17, 15) is 9.59 Å². The Bertz CT molecular complexity index is 851. The van der Waals surface area contributed by atoms with Crippen molar-refractivity contribution >= 4 is 23.6 Å². The van der Waals surface area contributed by atoms with Crippen LogP contribution in [0.1, 0.15) is 27.7 Å². The first-order valence-corrected chi connectivity index (χ1v) is 10.5. The molecular weight excluding hydrogens is 412 g/mol. The molecule has 0 spiro atoms. The molecule has 0 radical (unpaired) electrons. The first-order valence-electron chi connectivity index (χ1n) is 10.5. The molecule has 0 aliphatic rings. The SMILES string of the molecule is COc1cc(-c2ccc(NC(=O)OCC(C)C)c(OC)c2)ccc1NC(=O)OCC(C)C. The van der Waals surface area contributed by atoms with Crippen LogP contribution in [0.4, 0.5) is 21.0 Å². The molecule has 2 amide bonds. The number of rotatable bonds is 9. The average molecular weight is 445 g/mol. The van der Waals surface area contributed by atoms with Gasteiger partial charge in [0.15, 0.2) is 0 Å². The topological polar surface area (TPSA) is 95.1 Å². The summed E-state index contributed by atoms with van der Waals surface area (Å²) in [6, 6.07) is 10.8. The third-order valence-electron chi connectivity index (χ3n) is 4.31. The van der Waals surface area contributed by atoms with Gasteiger partial charge in [-0.15, -0.1) is 0 Å². The third-order valence-corrected chi connectivity index (χ3v) is 4.31. The van der Waals surface area contributed by atoms with Gasteiger partial charge in [-0.1, -0.05) is 39.8 Å². The van der Waals surface area contributed by atoms with Crippen molar-refractivity contribution in [1.29, 1.82) is 0 Å². The van der Waals surface area contributed by atoms with Gasteiger partial charge in [-0.2, -0.15) is 0 Å². The Morgan fingerprint density at radius 2 is 1.09 bits per heavy atom. The zero-order valence-corrected chi connectivity index (χ0v) is 19.5. The number of nitrogens with one attached hydrogen (secondary N) is 2. The minimum Gasteiger partial charge on any atom is -0.495 e. The van der Waals surface area contributed by atoms with E-state index in [4.69, 9.17) is 18.9 Å². The molecule has 8 nitrogen and oxygen atoms in total. The zero-order chi connectivity index (χ0) is 23.7. The van der Waals surface area contributed by atoms with E-state index in [0.29, 0.717) is 36.1 Å². The lowest BCUT2D eigenvalue weighted by atomic mass is 10.0. The van der Waals surface area contributed by atoms with Gasteiger partial charge in [-0.25, -0.2) is 9.59 Å². The van der Waals surface area contributed by atoms with E-state index in [2.05, 4.69) is 10.6 Å². The molecule has 0 atom stereocenters. The molecule has 0 saturated heterocycles. The van der Waals surface area contributed by atoms with Gasteiger partial charge in [0.1, 0.15) is 11.5 Å². The Morgan fingerprint density at radius 1 is 0.719 bits per heavy atom. The quantitative estimate of drug-likeness (QED) is 0.509. The first-order chi connectivity index (χ1) is 15.2. The highest BCUT2D eigenvalue weighted by Crippen LogP contribution is 2.35. The van der Waals surface area contributed by atoms with E-state index in [0.717, 1.165) is 11.1 Å². The number of amides is 2. The van der Waals surface area contributed by atoms with E-state index in [-0.39, 0.29) is 11.8 Å². The molecule has 0 aliphatic heterocycles. The van der Waals surface area contributed by atoms with E-state index < -0.39 is 12.2 Å². The number of hydrogen-bond donors (Lipinski definition) is 2. The molecule has 0 aliphatic carbocycles. The Morgan fingerprint density at radius 3 is 1.41 bits per heavy atom. The highest BCUT2D eigenvalue weighted by atomic mass is 16.6. The molecule has 0 unspecified atom stereocenters. The van der Waals surface area contributed by atoms with Gasteiger partial charge in [0.2, 0.25) is 0 Å². The minimum absolute atomic E-state index is 0.245. The number of hydrogen-bond acceptors (Lipinski definition) is 6. The fraction of sp³-hybridized carbons (Fsp3) is 0.417. The number of ether oxygens (including phenoxy) is 4. The van der Waals surface area contributed by atoms with Crippen molar-refractivity contribution in [2.45, 2.75) is 27.7 Å². The summed E-state index contributed by atoms with van der Waals surface area (Å²) in [4.78, 5) is 24.0. The summed E-state index contributed by atoms with van der Waals surface area (Å²) in [5, 5.41) is 5.39. The molecule has 0 aromatic heterocycles. The van der Waals surface area contributed by atoms with Crippen molar-refractivity contribution in [3.05, 3.63) is 36.4 Å². The van der Waals surface area contributed by atoms with Crippen LogP contribution in [0.5, 0.6) is 11.5 Å². The molecule has 8 heteroatoms. The molecule has 0 bridgehead atoms. The summed E-state index contributed by atoms with van der Waals surface area (Å²) < 4.78 is 21.2. The second-order valence-electron chi connectivity index (χ2n) is 8.06. The standard InChI is InChI=1S/C24H32N2O6/c1-15(2)13-31-23(27)25-19-9-7-17(11-21(19)29-5)18-8-10-20(22(12-18)30-6)26-24(28)32-14-16(3)4/h7-12,15-16H,13-14H2,1-6H3,(H,25,27)(H,26,28). The number of benzene rings is 2. The van der Waals surface area contributed by atoms with E-state index in [1.54, 1.807) is 24.3 Å². The number of anilines is 2. The molecule has 174 valence electrons. The predicted molar refractivity (Wildman–Crippen MR) is 125 cm³/mol. The maximum Gasteiger partial charge on any atom is 0.411 e. The fourth-order valence-electron chi connectivity index (χ4n) is 2.72. The van der Waals surface area contributed by atoms with Gasteiger partial charge in [-0.05, 0) is 47.2 Å². The molecule has 2 aromatic rings. The molecule has 0 saturated carbocycles. The molecule has 0 heterocycles. The Kier molecular flexibility index (Phi) is 9.19. The highest BCUT2D eigenvalue weighted by molar-refractivity contribution is 5.89. The molecule has 2 N–H and O–H groups in total. The van der Waals surface area contributed by atoms with Crippen LogP contribution >= 0.6 is 0 Å². The van der Waals surface area contributed by atoms with Crippen molar-refractivity contribution in [2.24, 2.45) is 11.8 Å². The van der Waals surface area contributed by atoms with Gasteiger partial charge in [0.25, 0.3) is 0 Å². The third kappa shape index (κ3) is 7.37. The fourth-order valence-corrected chi connectivity index (χ4v) is 2.72. The summed E-state index contributed by atoms with van der Waals surface area (Å²) in [5.74, 6) is 1.47. The van der Waals surface area contributed by atoms with Crippen LogP contribution in [0.2, 0.25) is 0 Å². The molecule has 2 rings (SSSR count). The van der Waals surface area contributed by atoms with E-state index >= 15 is 0 Å². The van der Waals surface area contributed by atoms with Gasteiger partial charge in [0.05, 0.1) is 38.8 Å². The van der Waals surface area contributed by atoms with Crippen LogP contribution in [0.25, 0.3) is 11.1 Å². The van der Waals surface area contributed by atoms with Crippen LogP contribution in [0, 0.1) is 11.8 Å². The smallest absolute Gasteiger partial charge is 0.411 e. The molecule has 32 heavy (non-hydrogen) atoms. The first kappa shape index (κ1) is 24.8. The van der Waals surface area contributed by atoms with Crippen LogP contribution in [0.3, 0.4) is 0 Å². The van der Waals surface area contributed by atoms with Crippen LogP contribution in [0.15, 0.2) is 36.4 Å². The Labute approximate surface area is 189 Å². The predicted octanol–water partition coefficient (Wildman–Crippen LogP) is 5.78. The number of carbonyl (C=O) groups excluding carboxylic acids is 2. The van der Waals surface area contributed by atoms with Gasteiger partial charge in [-0.3, -0.25) is 10.6 Å². The van der Waals surface area contributed by atoms with Crippen LogP contribution in [-0.2, 0) is 9.47 Å². The maximum absolute atomic E-state index is 12.0. The second-order valence-corrected chi connectivity index (χ2v) is 8.06. The number of methoxy groups -OCH3 is 2. The lowest BCUT2D eigenvalue weighted by molar-refractivity contribution is 0.147. The van der Waals surface area contributed by atoms with E-state index in [1.165, 1.54) is 14.2 Å². The summed E-state index contributed by atoms with van der Waals surface area (Å²) >= 11 is 0. The summed E-state index contributed by atoms with van der Waals surface area (Å²) in [5.41, 5.74) is 2.69. The zero-order valence-electron chi connectivity index (χ0n) is 19.5. The maximum atomic E-state index is 12.0. The van der Waals surface area contributed by atoms with Crippen molar-refractivity contribution in [3.8, 4) is 22.6 Å². The van der Waals surface area contributed by atoms with Crippen molar-refractivity contribution in [1.82, 2.24) is 0 Å². The largest absolute Gasteiger partial charge is 0.495 e. The van der Waals surface area contributed by atoms with E-state index in [1.807, 2.05) is 39.8 Å². The summed E-state index contributed by atoms with van der Waals surface area (Å²) in [7, 11) is 3.06. The average Bonchev–Trinajstić information content (AvgIpc) is 2.76. The highest BCUT2D eigenvalue weighted by Gasteiger charge is 2.14. The van der Waals surface area contributed by atoms with Crippen molar-refractivity contribution < 1.29 is 28.5 Å². The van der Waals surface area contributed by atoms with Crippen LogP contribution in [-0.4, -0.2) is 39.6 Å². The van der Waals surface area contributed by atoms with Gasteiger partial charge in [0, 0.05) is 0 Å². The molecular formula is C24H32N2O6. The monoisotopic (exact) mass is 444 g/mol. The molecule has 2 aromatic carbocycles. The van der Waals surface area contributed by atoms with Crippen molar-refractivity contribution in [3.63, 3.8) is 0 Å². The molecule has 0 fully saturated rings. The second kappa shape index (κ2) is 11.8. The van der Waals surface area contributed by atoms with Gasteiger partial charge < -0.3 is 18.9 Å². The number of carbonyl (C=O) groups is 2. The minimum atomic E-state index is -0.536. The normalized spacial score (nSPS) is 10.6. The Hall–Kier alpha value is -3.42. The van der Waals surface area contributed by atoms with Gasteiger partial charge >= 0.3 is 12.2 Å². The summed E-state index contributed by atoms with van der Waals surface area (Å²) in [6.45, 7) is 8.52. The summed E-state index contributed by atoms with van der Waals surface area (Å²) in [6.07, 6.45) is -1.07. The Balaban J connectivity index is 2.18. The van der Waals surface area contributed by atoms with Crippen LogP contribution < -0.4 is 20.1 Å².